The first-order valence-corrected chi connectivity index (χ1v) is 11.1. The molecule has 3 aromatic rings. The van der Waals surface area contributed by atoms with Crippen LogP contribution in [-0.4, -0.2) is 41.5 Å². The van der Waals surface area contributed by atoms with Crippen molar-refractivity contribution in [2.75, 3.05) is 19.7 Å². The first kappa shape index (κ1) is 24.4. The van der Waals surface area contributed by atoms with E-state index >= 15 is 0 Å². The van der Waals surface area contributed by atoms with Crippen LogP contribution < -0.4 is 10.5 Å². The van der Waals surface area contributed by atoms with Crippen LogP contribution in [0.1, 0.15) is 41.3 Å². The molecule has 0 radical (unpaired) electrons. The molecule has 0 bridgehead atoms. The number of amides is 1. The van der Waals surface area contributed by atoms with Crippen molar-refractivity contribution in [2.45, 2.75) is 38.6 Å². The molecule has 0 fully saturated rings. The number of aromatic nitrogens is 1. The highest BCUT2D eigenvalue weighted by atomic mass is 35.5. The minimum absolute atomic E-state index is 0. The number of rotatable bonds is 8. The molecule has 4 rings (SSSR count). The number of nitrogens with zero attached hydrogens (tertiary/aromatic N) is 1. The first-order chi connectivity index (χ1) is 15.0. The molecule has 0 saturated carbocycles. The van der Waals surface area contributed by atoms with Crippen LogP contribution >= 0.6 is 24.0 Å². The SMILES string of the molecule is CCCN(CCCc1c[nH]c2ccc(Cl)cc12)C1COc2c(F)ccc(C(N)=O)c2C1.Cl. The molecule has 0 saturated heterocycles. The van der Waals surface area contributed by atoms with Gasteiger partial charge in [-0.2, -0.15) is 0 Å². The Bertz CT molecular complexity index is 1100. The highest BCUT2D eigenvalue weighted by Crippen LogP contribution is 2.32. The smallest absolute Gasteiger partial charge is 0.249 e. The lowest BCUT2D eigenvalue weighted by Crippen LogP contribution is -2.44. The molecule has 0 spiro atoms. The zero-order valence-corrected chi connectivity index (χ0v) is 19.6. The summed E-state index contributed by atoms with van der Waals surface area (Å²) in [5, 5.41) is 1.89. The molecule has 1 aliphatic rings. The van der Waals surface area contributed by atoms with Gasteiger partial charge in [-0.3, -0.25) is 9.69 Å². The lowest BCUT2D eigenvalue weighted by Gasteiger charge is -2.35. The zero-order valence-electron chi connectivity index (χ0n) is 18.0. The summed E-state index contributed by atoms with van der Waals surface area (Å²) in [5.74, 6) is -0.835. The predicted molar refractivity (Wildman–Crippen MR) is 129 cm³/mol. The van der Waals surface area contributed by atoms with E-state index in [4.69, 9.17) is 22.1 Å². The maximum Gasteiger partial charge on any atom is 0.249 e. The molecule has 1 unspecified atom stereocenters. The molecule has 2 heterocycles. The monoisotopic (exact) mass is 479 g/mol. The van der Waals surface area contributed by atoms with Gasteiger partial charge in [0, 0.05) is 39.3 Å². The molecule has 1 aromatic heterocycles. The van der Waals surface area contributed by atoms with E-state index in [-0.39, 0.29) is 24.2 Å². The van der Waals surface area contributed by atoms with E-state index < -0.39 is 11.7 Å². The van der Waals surface area contributed by atoms with E-state index in [1.807, 2.05) is 24.4 Å². The van der Waals surface area contributed by atoms with E-state index in [9.17, 15) is 9.18 Å². The van der Waals surface area contributed by atoms with Gasteiger partial charge in [0.15, 0.2) is 11.6 Å². The second kappa shape index (κ2) is 10.6. The summed E-state index contributed by atoms with van der Waals surface area (Å²) in [6.07, 6.45) is 5.49. The number of nitrogens with one attached hydrogen (secondary N) is 1. The number of hydrogen-bond acceptors (Lipinski definition) is 3. The van der Waals surface area contributed by atoms with Gasteiger partial charge in [0.1, 0.15) is 6.61 Å². The van der Waals surface area contributed by atoms with Gasteiger partial charge in [-0.25, -0.2) is 4.39 Å². The average molecular weight is 480 g/mol. The molecular weight excluding hydrogens is 452 g/mol. The first-order valence-electron chi connectivity index (χ1n) is 10.7. The van der Waals surface area contributed by atoms with Crippen LogP contribution in [0.2, 0.25) is 5.02 Å². The molecule has 8 heteroatoms. The Morgan fingerprint density at radius 3 is 2.88 bits per heavy atom. The largest absolute Gasteiger partial charge is 0.489 e. The highest BCUT2D eigenvalue weighted by molar-refractivity contribution is 6.31. The number of H-pyrrole nitrogens is 1. The summed E-state index contributed by atoms with van der Waals surface area (Å²) in [7, 11) is 0. The summed E-state index contributed by atoms with van der Waals surface area (Å²) in [5.41, 5.74) is 8.77. The van der Waals surface area contributed by atoms with Crippen LogP contribution in [0.5, 0.6) is 5.75 Å². The molecular formula is C24H28Cl2FN3O2. The van der Waals surface area contributed by atoms with E-state index in [0.717, 1.165) is 48.3 Å². The third-order valence-corrected chi connectivity index (χ3v) is 6.22. The van der Waals surface area contributed by atoms with Crippen molar-refractivity contribution in [3.8, 4) is 5.75 Å². The summed E-state index contributed by atoms with van der Waals surface area (Å²) < 4.78 is 20.0. The Balaban J connectivity index is 0.00000289. The lowest BCUT2D eigenvalue weighted by atomic mass is 9.95. The third-order valence-electron chi connectivity index (χ3n) is 5.99. The minimum atomic E-state index is -0.555. The highest BCUT2D eigenvalue weighted by Gasteiger charge is 2.30. The fourth-order valence-corrected chi connectivity index (χ4v) is 4.66. The lowest BCUT2D eigenvalue weighted by molar-refractivity contribution is 0.0984. The predicted octanol–water partition coefficient (Wildman–Crippen LogP) is 5.13. The number of nitrogens with two attached hydrogens (primary N) is 1. The standard InChI is InChI=1S/C24H27ClFN3O2.ClH/c1-2-9-29(10-3-4-15-13-28-22-8-5-16(25)11-19(15)22)17-12-20-18(24(27)30)6-7-21(26)23(20)31-14-17;/h5-8,11,13,17,28H,2-4,9-10,12,14H2,1H3,(H2,27,30);1H. The van der Waals surface area contributed by atoms with Crippen molar-refractivity contribution < 1.29 is 13.9 Å². The van der Waals surface area contributed by atoms with E-state index in [0.29, 0.717) is 24.2 Å². The van der Waals surface area contributed by atoms with Crippen LogP contribution in [0, 0.1) is 5.82 Å². The Morgan fingerprint density at radius 1 is 1.31 bits per heavy atom. The summed E-state index contributed by atoms with van der Waals surface area (Å²) in [4.78, 5) is 17.5. The van der Waals surface area contributed by atoms with Gasteiger partial charge in [-0.15, -0.1) is 12.4 Å². The van der Waals surface area contributed by atoms with Crippen LogP contribution in [0.3, 0.4) is 0 Å². The van der Waals surface area contributed by atoms with Crippen molar-refractivity contribution in [1.82, 2.24) is 9.88 Å². The van der Waals surface area contributed by atoms with Gasteiger partial charge in [0.05, 0.1) is 0 Å². The zero-order chi connectivity index (χ0) is 22.0. The fraction of sp³-hybridized carbons (Fsp3) is 0.375. The van der Waals surface area contributed by atoms with Gasteiger partial charge in [-0.05, 0) is 74.7 Å². The Labute approximate surface area is 198 Å². The maximum atomic E-state index is 14.2. The van der Waals surface area contributed by atoms with Gasteiger partial charge in [0.2, 0.25) is 5.91 Å². The van der Waals surface area contributed by atoms with Gasteiger partial charge in [-0.1, -0.05) is 18.5 Å². The van der Waals surface area contributed by atoms with Crippen molar-refractivity contribution >= 4 is 40.8 Å². The number of halogens is 3. The number of aryl methyl sites for hydroxylation is 1. The molecule has 32 heavy (non-hydrogen) atoms. The molecule has 1 aliphatic heterocycles. The van der Waals surface area contributed by atoms with E-state index in [1.54, 1.807) is 0 Å². The second-order valence-corrected chi connectivity index (χ2v) is 8.52. The van der Waals surface area contributed by atoms with Crippen molar-refractivity contribution in [2.24, 2.45) is 5.73 Å². The van der Waals surface area contributed by atoms with Gasteiger partial charge in [0.25, 0.3) is 0 Å². The molecule has 0 aliphatic carbocycles. The molecule has 5 nitrogen and oxygen atoms in total. The minimum Gasteiger partial charge on any atom is -0.489 e. The van der Waals surface area contributed by atoms with E-state index in [2.05, 4.69) is 16.8 Å². The van der Waals surface area contributed by atoms with Crippen molar-refractivity contribution in [3.05, 3.63) is 64.1 Å². The topological polar surface area (TPSA) is 71.3 Å². The van der Waals surface area contributed by atoms with Crippen LogP contribution in [0.25, 0.3) is 10.9 Å². The number of carbonyl (C=O) groups is 1. The van der Waals surface area contributed by atoms with Crippen LogP contribution in [0.4, 0.5) is 4.39 Å². The Kier molecular flexibility index (Phi) is 8.04. The number of benzene rings is 2. The van der Waals surface area contributed by atoms with Crippen molar-refractivity contribution in [3.63, 3.8) is 0 Å². The number of primary amides is 1. The summed E-state index contributed by atoms with van der Waals surface area (Å²) >= 11 is 6.17. The second-order valence-electron chi connectivity index (χ2n) is 8.08. The van der Waals surface area contributed by atoms with Crippen LogP contribution in [-0.2, 0) is 12.8 Å². The maximum absolute atomic E-state index is 14.2. The number of aromatic amines is 1. The Hall–Kier alpha value is -2.28. The Morgan fingerprint density at radius 2 is 2.12 bits per heavy atom. The quantitative estimate of drug-likeness (QED) is 0.470. The molecule has 172 valence electrons. The molecule has 3 N–H and O–H groups in total. The number of hydrogen-bond donors (Lipinski definition) is 2. The average Bonchev–Trinajstić information content (AvgIpc) is 3.15. The van der Waals surface area contributed by atoms with Crippen LogP contribution in [0.15, 0.2) is 36.5 Å². The molecule has 1 atom stereocenters. The van der Waals surface area contributed by atoms with Crippen molar-refractivity contribution in [1.29, 1.82) is 0 Å². The van der Waals surface area contributed by atoms with Gasteiger partial charge < -0.3 is 15.5 Å². The summed E-state index contributed by atoms with van der Waals surface area (Å²) in [6.45, 7) is 4.32. The molecule has 1 amide bonds. The van der Waals surface area contributed by atoms with E-state index in [1.165, 1.54) is 17.7 Å². The normalized spacial score (nSPS) is 15.3. The number of ether oxygens (including phenoxy) is 1. The third kappa shape index (κ3) is 5.03. The molecule has 2 aromatic carbocycles. The fourth-order valence-electron chi connectivity index (χ4n) is 4.49. The number of carbonyl (C=O) groups excluding carboxylic acids is 1. The van der Waals surface area contributed by atoms with Gasteiger partial charge >= 0.3 is 0 Å². The summed E-state index contributed by atoms with van der Waals surface area (Å²) in [6, 6.07) is 8.65. The number of fused-ring (bicyclic) bond motifs is 2.